The summed E-state index contributed by atoms with van der Waals surface area (Å²) in [6, 6.07) is 19.8. The molecule has 1 heterocycles. The molecule has 7 nitrogen and oxygen atoms in total. The van der Waals surface area contributed by atoms with Crippen LogP contribution in [0.5, 0.6) is 0 Å². The Morgan fingerprint density at radius 2 is 1.58 bits per heavy atom. The number of ether oxygens (including phenoxy) is 1. The van der Waals surface area contributed by atoms with Crippen LogP contribution in [-0.2, 0) is 26.0 Å². The van der Waals surface area contributed by atoms with Gasteiger partial charge < -0.3 is 10.1 Å². The van der Waals surface area contributed by atoms with Gasteiger partial charge in [0.2, 0.25) is 0 Å². The Hall–Kier alpha value is -3.65. The van der Waals surface area contributed by atoms with Crippen molar-refractivity contribution in [1.29, 1.82) is 0 Å². The Labute approximate surface area is 180 Å². The van der Waals surface area contributed by atoms with Gasteiger partial charge in [0.15, 0.2) is 6.10 Å². The van der Waals surface area contributed by atoms with E-state index >= 15 is 0 Å². The van der Waals surface area contributed by atoms with Crippen molar-refractivity contribution in [3.05, 3.63) is 89.5 Å². The van der Waals surface area contributed by atoms with Gasteiger partial charge in [-0.15, -0.1) is 0 Å². The molecule has 0 bridgehead atoms. The molecule has 2 N–H and O–H groups in total. The molecular weight excluding hydrogens is 416 g/mol. The number of anilines is 2. The summed E-state index contributed by atoms with van der Waals surface area (Å²) in [5, 5.41) is 2.70. The third-order valence-corrected chi connectivity index (χ3v) is 6.32. The second-order valence-electron chi connectivity index (χ2n) is 7.24. The summed E-state index contributed by atoms with van der Waals surface area (Å²) in [6.45, 7) is 1.88. The van der Waals surface area contributed by atoms with E-state index in [0.717, 1.165) is 11.1 Å². The number of sulfonamides is 1. The van der Waals surface area contributed by atoms with E-state index in [1.165, 1.54) is 12.1 Å². The van der Waals surface area contributed by atoms with Gasteiger partial charge in [-0.1, -0.05) is 35.9 Å². The molecule has 1 aliphatic heterocycles. The second-order valence-corrected chi connectivity index (χ2v) is 8.92. The van der Waals surface area contributed by atoms with Crippen molar-refractivity contribution in [2.24, 2.45) is 0 Å². The first-order valence-electron chi connectivity index (χ1n) is 9.61. The maximum Gasteiger partial charge on any atom is 0.339 e. The molecule has 0 radical (unpaired) electrons. The van der Waals surface area contributed by atoms with Crippen LogP contribution >= 0.6 is 0 Å². The van der Waals surface area contributed by atoms with Crippen LogP contribution in [0.4, 0.5) is 11.4 Å². The number of amides is 1. The van der Waals surface area contributed by atoms with E-state index in [9.17, 15) is 18.0 Å². The third kappa shape index (κ3) is 4.59. The normalized spacial score (nSPS) is 15.5. The number of esters is 1. The van der Waals surface area contributed by atoms with Gasteiger partial charge in [-0.05, 0) is 55.0 Å². The average molecular weight is 436 g/mol. The van der Waals surface area contributed by atoms with Crippen LogP contribution in [-0.4, -0.2) is 26.4 Å². The SMILES string of the molecule is Cc1ccc(S(=O)(=O)Nc2ccc(NC(=O)C3Cc4ccccc4C(=O)O3)cc2)cc1. The van der Waals surface area contributed by atoms with Gasteiger partial charge in [0, 0.05) is 17.8 Å². The first-order valence-corrected chi connectivity index (χ1v) is 11.1. The number of hydrogen-bond acceptors (Lipinski definition) is 5. The maximum atomic E-state index is 12.5. The summed E-state index contributed by atoms with van der Waals surface area (Å²) >= 11 is 0. The van der Waals surface area contributed by atoms with Crippen molar-refractivity contribution >= 4 is 33.3 Å². The summed E-state index contributed by atoms with van der Waals surface area (Å²) in [4.78, 5) is 24.8. The number of cyclic esters (lactones) is 1. The van der Waals surface area contributed by atoms with Crippen LogP contribution in [0, 0.1) is 6.92 Å². The van der Waals surface area contributed by atoms with Crippen molar-refractivity contribution in [1.82, 2.24) is 0 Å². The number of nitrogens with one attached hydrogen (secondary N) is 2. The highest BCUT2D eigenvalue weighted by atomic mass is 32.2. The molecule has 3 aromatic carbocycles. The molecule has 4 rings (SSSR count). The maximum absolute atomic E-state index is 12.5. The van der Waals surface area contributed by atoms with Crippen LogP contribution in [0.15, 0.2) is 77.7 Å². The van der Waals surface area contributed by atoms with Crippen LogP contribution in [0.3, 0.4) is 0 Å². The molecule has 1 unspecified atom stereocenters. The lowest BCUT2D eigenvalue weighted by atomic mass is 9.98. The van der Waals surface area contributed by atoms with Crippen LogP contribution in [0.2, 0.25) is 0 Å². The summed E-state index contributed by atoms with van der Waals surface area (Å²) in [7, 11) is -3.71. The standard InChI is InChI=1S/C23H20N2O5S/c1-15-6-12-19(13-7-15)31(28,29)25-18-10-8-17(9-11-18)24-22(26)21-14-16-4-2-3-5-20(16)23(27)30-21/h2-13,21,25H,14H2,1H3,(H,24,26). The van der Waals surface area contributed by atoms with Gasteiger partial charge in [0.05, 0.1) is 10.5 Å². The Morgan fingerprint density at radius 1 is 0.935 bits per heavy atom. The monoisotopic (exact) mass is 436 g/mol. The predicted molar refractivity (Wildman–Crippen MR) is 116 cm³/mol. The summed E-state index contributed by atoms with van der Waals surface area (Å²) in [5.41, 5.74) is 3.01. The fourth-order valence-electron chi connectivity index (χ4n) is 3.25. The minimum atomic E-state index is -3.71. The smallest absolute Gasteiger partial charge is 0.339 e. The van der Waals surface area contributed by atoms with E-state index in [0.29, 0.717) is 23.4 Å². The zero-order chi connectivity index (χ0) is 22.0. The Kier molecular flexibility index (Phi) is 5.48. The van der Waals surface area contributed by atoms with E-state index in [2.05, 4.69) is 10.0 Å². The summed E-state index contributed by atoms with van der Waals surface area (Å²) < 4.78 is 32.7. The van der Waals surface area contributed by atoms with Crippen molar-refractivity contribution in [3.63, 3.8) is 0 Å². The van der Waals surface area contributed by atoms with Crippen molar-refractivity contribution in [2.75, 3.05) is 10.0 Å². The van der Waals surface area contributed by atoms with Crippen LogP contribution in [0.1, 0.15) is 21.5 Å². The van der Waals surface area contributed by atoms with Gasteiger partial charge in [-0.3, -0.25) is 9.52 Å². The lowest BCUT2D eigenvalue weighted by Gasteiger charge is -2.23. The molecule has 0 saturated carbocycles. The average Bonchev–Trinajstić information content (AvgIpc) is 2.75. The second kappa shape index (κ2) is 8.23. The fourth-order valence-corrected chi connectivity index (χ4v) is 4.31. The predicted octanol–water partition coefficient (Wildman–Crippen LogP) is 3.52. The zero-order valence-electron chi connectivity index (χ0n) is 16.7. The zero-order valence-corrected chi connectivity index (χ0v) is 17.5. The van der Waals surface area contributed by atoms with Gasteiger partial charge in [-0.2, -0.15) is 0 Å². The molecular formula is C23H20N2O5S. The molecule has 1 aliphatic rings. The molecule has 0 aromatic heterocycles. The Morgan fingerprint density at radius 3 is 2.29 bits per heavy atom. The molecule has 1 amide bonds. The molecule has 8 heteroatoms. The number of carbonyl (C=O) groups is 2. The van der Waals surface area contributed by atoms with Crippen molar-refractivity contribution in [2.45, 2.75) is 24.3 Å². The van der Waals surface area contributed by atoms with Crippen LogP contribution < -0.4 is 10.0 Å². The topological polar surface area (TPSA) is 102 Å². The number of hydrogen-bond donors (Lipinski definition) is 2. The highest BCUT2D eigenvalue weighted by Gasteiger charge is 2.31. The first-order chi connectivity index (χ1) is 14.8. The molecule has 0 fully saturated rings. The van der Waals surface area contributed by atoms with E-state index < -0.39 is 28.0 Å². The number of aryl methyl sites for hydroxylation is 1. The van der Waals surface area contributed by atoms with E-state index in [1.807, 2.05) is 13.0 Å². The fraction of sp³-hybridized carbons (Fsp3) is 0.130. The van der Waals surface area contributed by atoms with Gasteiger partial charge in [0.1, 0.15) is 0 Å². The number of rotatable bonds is 5. The molecule has 158 valence electrons. The molecule has 0 aliphatic carbocycles. The molecule has 0 saturated heterocycles. The van der Waals surface area contributed by atoms with E-state index in [1.54, 1.807) is 54.6 Å². The molecule has 0 spiro atoms. The van der Waals surface area contributed by atoms with Crippen molar-refractivity contribution < 1.29 is 22.7 Å². The Bertz CT molecular complexity index is 1240. The van der Waals surface area contributed by atoms with E-state index in [-0.39, 0.29) is 4.90 Å². The van der Waals surface area contributed by atoms with Gasteiger partial charge in [0.25, 0.3) is 15.9 Å². The Balaban J connectivity index is 1.41. The highest BCUT2D eigenvalue weighted by Crippen LogP contribution is 2.23. The molecule has 1 atom stereocenters. The van der Waals surface area contributed by atoms with Gasteiger partial charge >= 0.3 is 5.97 Å². The summed E-state index contributed by atoms with van der Waals surface area (Å²) in [6.07, 6.45) is -0.635. The number of carbonyl (C=O) groups excluding carboxylic acids is 2. The van der Waals surface area contributed by atoms with Crippen LogP contribution in [0.25, 0.3) is 0 Å². The minimum Gasteiger partial charge on any atom is -0.448 e. The number of fused-ring (bicyclic) bond motifs is 1. The van der Waals surface area contributed by atoms with E-state index in [4.69, 9.17) is 4.74 Å². The first kappa shape index (κ1) is 20.6. The minimum absolute atomic E-state index is 0.162. The third-order valence-electron chi connectivity index (χ3n) is 4.92. The number of benzene rings is 3. The largest absolute Gasteiger partial charge is 0.448 e. The van der Waals surface area contributed by atoms with Crippen molar-refractivity contribution in [3.8, 4) is 0 Å². The van der Waals surface area contributed by atoms with Gasteiger partial charge in [-0.25, -0.2) is 13.2 Å². The molecule has 3 aromatic rings. The lowest BCUT2D eigenvalue weighted by Crippen LogP contribution is -2.37. The lowest BCUT2D eigenvalue weighted by molar-refractivity contribution is -0.125. The molecule has 31 heavy (non-hydrogen) atoms. The quantitative estimate of drug-likeness (QED) is 0.596. The summed E-state index contributed by atoms with van der Waals surface area (Å²) in [5.74, 6) is -0.973. The highest BCUT2D eigenvalue weighted by molar-refractivity contribution is 7.92.